The van der Waals surface area contributed by atoms with E-state index in [2.05, 4.69) is 6.07 Å². The lowest BCUT2D eigenvalue weighted by Gasteiger charge is -2.22. The van der Waals surface area contributed by atoms with Crippen LogP contribution >= 0.6 is 0 Å². The normalized spacial score (nSPS) is 20.8. The number of benzene rings is 2. The average molecular weight is 395 g/mol. The lowest BCUT2D eigenvalue weighted by molar-refractivity contribution is -0.489. The Morgan fingerprint density at radius 3 is 2.24 bits per heavy atom. The molecule has 1 heterocycles. The Labute approximate surface area is 168 Å². The summed E-state index contributed by atoms with van der Waals surface area (Å²) in [5.74, 6) is -0.595. The second-order valence-electron chi connectivity index (χ2n) is 6.80. The molecule has 0 N–H and O–H groups in total. The molecule has 2 aromatic carbocycles. The third-order valence-electron chi connectivity index (χ3n) is 4.78. The minimum Gasteiger partial charge on any atom is -0.445 e. The molecule has 0 aromatic heterocycles. The summed E-state index contributed by atoms with van der Waals surface area (Å²) in [5, 5.41) is 20.7. The van der Waals surface area contributed by atoms with Gasteiger partial charge < -0.3 is 9.47 Å². The molecule has 2 aromatic rings. The molecule has 0 bridgehead atoms. The Kier molecular flexibility index (Phi) is 6.76. The van der Waals surface area contributed by atoms with E-state index in [1.54, 1.807) is 0 Å². The number of hydrogen-bond donors (Lipinski definition) is 0. The van der Waals surface area contributed by atoms with E-state index >= 15 is 0 Å². The summed E-state index contributed by atoms with van der Waals surface area (Å²) in [6, 6.07) is 19.6. The van der Waals surface area contributed by atoms with Gasteiger partial charge in [0.2, 0.25) is 6.54 Å². The number of carbonyl (C=O) groups excluding carboxylic acids is 1. The fraction of sp³-hybridized carbons (Fsp3) is 0.333. The van der Waals surface area contributed by atoms with Crippen molar-refractivity contribution < 1.29 is 19.2 Å². The summed E-state index contributed by atoms with van der Waals surface area (Å²) in [6.07, 6.45) is -1.45. The zero-order valence-corrected chi connectivity index (χ0v) is 15.7. The number of rotatable bonds is 7. The molecule has 1 amide bonds. The van der Waals surface area contributed by atoms with E-state index in [4.69, 9.17) is 9.47 Å². The van der Waals surface area contributed by atoms with Crippen LogP contribution < -0.4 is 0 Å². The van der Waals surface area contributed by atoms with E-state index in [1.807, 2.05) is 60.7 Å². The molecule has 1 aliphatic rings. The summed E-state index contributed by atoms with van der Waals surface area (Å²) >= 11 is 0. The summed E-state index contributed by atoms with van der Waals surface area (Å²) in [4.78, 5) is 24.4. The first kappa shape index (κ1) is 20.3. The number of carbonyl (C=O) groups is 1. The maximum absolute atomic E-state index is 12.6. The first-order valence-electron chi connectivity index (χ1n) is 9.22. The maximum atomic E-state index is 12.6. The molecule has 0 radical (unpaired) electrons. The second-order valence-corrected chi connectivity index (χ2v) is 6.80. The van der Waals surface area contributed by atoms with Gasteiger partial charge in [0.15, 0.2) is 0 Å². The van der Waals surface area contributed by atoms with Gasteiger partial charge in [-0.15, -0.1) is 0 Å². The molecule has 0 saturated carbocycles. The van der Waals surface area contributed by atoms with Crippen molar-refractivity contribution in [2.75, 3.05) is 13.1 Å². The highest BCUT2D eigenvalue weighted by molar-refractivity contribution is 5.69. The fourth-order valence-electron chi connectivity index (χ4n) is 3.39. The predicted molar refractivity (Wildman–Crippen MR) is 103 cm³/mol. The zero-order valence-electron chi connectivity index (χ0n) is 15.7. The highest BCUT2D eigenvalue weighted by Gasteiger charge is 2.48. The number of nitriles is 1. The van der Waals surface area contributed by atoms with Gasteiger partial charge in [-0.05, 0) is 11.1 Å². The molecule has 150 valence electrons. The minimum atomic E-state index is -0.952. The van der Waals surface area contributed by atoms with Crippen molar-refractivity contribution in [3.63, 3.8) is 0 Å². The van der Waals surface area contributed by atoms with E-state index in [1.165, 1.54) is 4.90 Å². The molecule has 1 fully saturated rings. The van der Waals surface area contributed by atoms with Crippen molar-refractivity contribution in [3.05, 3.63) is 81.9 Å². The van der Waals surface area contributed by atoms with Gasteiger partial charge in [-0.25, -0.2) is 4.79 Å². The second kappa shape index (κ2) is 9.66. The molecular formula is C21H21N3O5. The van der Waals surface area contributed by atoms with E-state index in [0.29, 0.717) is 0 Å². The maximum Gasteiger partial charge on any atom is 0.411 e. The number of ether oxygens (including phenoxy) is 2. The Morgan fingerprint density at radius 1 is 1.10 bits per heavy atom. The van der Waals surface area contributed by atoms with E-state index in [0.717, 1.165) is 11.1 Å². The van der Waals surface area contributed by atoms with Crippen LogP contribution in [0.4, 0.5) is 4.79 Å². The van der Waals surface area contributed by atoms with Crippen LogP contribution in [-0.4, -0.2) is 41.2 Å². The van der Waals surface area contributed by atoms with Crippen molar-refractivity contribution in [3.8, 4) is 6.07 Å². The van der Waals surface area contributed by atoms with Crippen molar-refractivity contribution in [1.29, 1.82) is 5.26 Å². The number of nitro groups is 1. The third-order valence-corrected chi connectivity index (χ3v) is 4.78. The average Bonchev–Trinajstić information content (AvgIpc) is 3.08. The molecule has 3 atom stereocenters. The van der Waals surface area contributed by atoms with E-state index in [-0.39, 0.29) is 26.3 Å². The van der Waals surface area contributed by atoms with Gasteiger partial charge in [-0.3, -0.25) is 15.0 Å². The Morgan fingerprint density at radius 2 is 1.69 bits per heavy atom. The van der Waals surface area contributed by atoms with Gasteiger partial charge in [0, 0.05) is 11.5 Å². The fourth-order valence-corrected chi connectivity index (χ4v) is 3.39. The van der Waals surface area contributed by atoms with Crippen LogP contribution in [0.2, 0.25) is 0 Å². The summed E-state index contributed by atoms with van der Waals surface area (Å²) in [6.45, 7) is -0.0963. The van der Waals surface area contributed by atoms with Crippen LogP contribution in [0.1, 0.15) is 11.1 Å². The quantitative estimate of drug-likeness (QED) is 0.527. The van der Waals surface area contributed by atoms with Gasteiger partial charge in [-0.2, -0.15) is 5.26 Å². The number of likely N-dealkylation sites (tertiary alicyclic amines) is 1. The van der Waals surface area contributed by atoms with Crippen molar-refractivity contribution >= 4 is 6.09 Å². The molecule has 8 heteroatoms. The summed E-state index contributed by atoms with van der Waals surface area (Å²) in [7, 11) is 0. The van der Waals surface area contributed by atoms with Crippen molar-refractivity contribution in [2.24, 2.45) is 5.92 Å². The first-order chi connectivity index (χ1) is 14.1. The Hall–Kier alpha value is -3.44. The Balaban J connectivity index is 1.69. The molecule has 1 unspecified atom stereocenters. The van der Waals surface area contributed by atoms with Gasteiger partial charge in [0.25, 0.3) is 0 Å². The summed E-state index contributed by atoms with van der Waals surface area (Å²) < 4.78 is 11.2. The highest BCUT2D eigenvalue weighted by Crippen LogP contribution is 2.28. The van der Waals surface area contributed by atoms with Crippen molar-refractivity contribution in [2.45, 2.75) is 25.4 Å². The third kappa shape index (κ3) is 5.30. The van der Waals surface area contributed by atoms with Crippen LogP contribution in [-0.2, 0) is 22.7 Å². The molecule has 1 aliphatic heterocycles. The molecule has 1 saturated heterocycles. The van der Waals surface area contributed by atoms with Crippen LogP contribution in [0.5, 0.6) is 0 Å². The summed E-state index contributed by atoms with van der Waals surface area (Å²) in [5.41, 5.74) is 1.70. The van der Waals surface area contributed by atoms with E-state index < -0.39 is 29.1 Å². The predicted octanol–water partition coefficient (Wildman–Crippen LogP) is 3.01. The molecular weight excluding hydrogens is 374 g/mol. The molecule has 8 nitrogen and oxygen atoms in total. The van der Waals surface area contributed by atoms with Crippen LogP contribution in [0.15, 0.2) is 60.7 Å². The SMILES string of the molecule is N#CC1[C@H](OCc2ccccc2)[C@H](C[N+](=O)[O-])CN1C(=O)OCc1ccccc1. The largest absolute Gasteiger partial charge is 0.445 e. The van der Waals surface area contributed by atoms with Crippen molar-refractivity contribution in [1.82, 2.24) is 4.90 Å². The van der Waals surface area contributed by atoms with Crippen LogP contribution in [0, 0.1) is 27.4 Å². The van der Waals surface area contributed by atoms with E-state index in [9.17, 15) is 20.2 Å². The molecule has 29 heavy (non-hydrogen) atoms. The standard InChI is InChI=1S/C21H21N3O5/c22-11-19-20(28-14-16-7-3-1-4-8-16)18(13-24(26)27)12-23(19)21(25)29-15-17-9-5-2-6-10-17/h1-10,18-20H,12-15H2/t18-,19?,20+/m0/s1. The van der Waals surface area contributed by atoms with Crippen LogP contribution in [0.25, 0.3) is 0 Å². The molecule has 3 rings (SSSR count). The van der Waals surface area contributed by atoms with Gasteiger partial charge in [-0.1, -0.05) is 60.7 Å². The first-order valence-corrected chi connectivity index (χ1v) is 9.22. The van der Waals surface area contributed by atoms with Crippen LogP contribution in [0.3, 0.4) is 0 Å². The van der Waals surface area contributed by atoms with Gasteiger partial charge in [0.1, 0.15) is 18.8 Å². The number of hydrogen-bond acceptors (Lipinski definition) is 6. The Bertz CT molecular complexity index is 869. The van der Waals surface area contributed by atoms with Gasteiger partial charge in [0.05, 0.1) is 18.6 Å². The molecule has 0 spiro atoms. The topological polar surface area (TPSA) is 106 Å². The smallest absolute Gasteiger partial charge is 0.411 e. The number of nitrogens with zero attached hydrogens (tertiary/aromatic N) is 3. The number of amides is 1. The zero-order chi connectivity index (χ0) is 20.6. The monoisotopic (exact) mass is 395 g/mol. The minimum absolute atomic E-state index is 0.0340. The van der Waals surface area contributed by atoms with Gasteiger partial charge >= 0.3 is 6.09 Å². The highest BCUT2D eigenvalue weighted by atomic mass is 16.6. The molecule has 0 aliphatic carbocycles. The lowest BCUT2D eigenvalue weighted by Crippen LogP contribution is -2.40. The lowest BCUT2D eigenvalue weighted by atomic mass is 10.0.